The van der Waals surface area contributed by atoms with E-state index < -0.39 is 10.2 Å². The van der Waals surface area contributed by atoms with Gasteiger partial charge in [0.2, 0.25) is 0 Å². The Morgan fingerprint density at radius 2 is 1.86 bits per heavy atom. The largest absolute Gasteiger partial charge is 0.279 e. The fraction of sp³-hybridized carbons (Fsp3) is 1.00. The number of hydrogen-bond acceptors (Lipinski definition) is 2. The van der Waals surface area contributed by atoms with Crippen molar-refractivity contribution in [1.82, 2.24) is 9.03 Å². The number of nitrogens with zero attached hydrogens (tertiary/aromatic N) is 1. The van der Waals surface area contributed by atoms with E-state index in [0.717, 1.165) is 6.42 Å². The van der Waals surface area contributed by atoms with E-state index in [0.29, 0.717) is 11.2 Å². The van der Waals surface area contributed by atoms with Crippen LogP contribution in [0, 0.1) is 5.92 Å². The average molecular weight is 287 g/mol. The molecule has 4 nitrogen and oxygen atoms in total. The zero-order chi connectivity index (χ0) is 11.4. The first-order valence-corrected chi connectivity index (χ1v) is 7.11. The maximum absolute atomic E-state index is 11.5. The molecule has 86 valence electrons. The van der Waals surface area contributed by atoms with Crippen LogP contribution < -0.4 is 4.72 Å². The summed E-state index contributed by atoms with van der Waals surface area (Å²) in [5, 5.41) is 0.637. The smallest absolute Gasteiger partial charge is 0.198 e. The first kappa shape index (κ1) is 14.3. The van der Waals surface area contributed by atoms with Gasteiger partial charge in [0.15, 0.2) is 0 Å². The lowest BCUT2D eigenvalue weighted by Crippen LogP contribution is -2.43. The third-order valence-electron chi connectivity index (χ3n) is 1.74. The fourth-order valence-corrected chi connectivity index (χ4v) is 2.48. The number of halogens is 1. The van der Waals surface area contributed by atoms with Gasteiger partial charge in [-0.2, -0.15) is 17.4 Å². The second-order valence-corrected chi connectivity index (χ2v) is 6.45. The third kappa shape index (κ3) is 5.29. The van der Waals surface area contributed by atoms with Crippen LogP contribution in [-0.2, 0) is 10.2 Å². The quantitative estimate of drug-likeness (QED) is 0.746. The molecule has 0 radical (unpaired) electrons. The van der Waals surface area contributed by atoms with Gasteiger partial charge >= 0.3 is 0 Å². The summed E-state index contributed by atoms with van der Waals surface area (Å²) in [6.45, 7) is 4.14. The van der Waals surface area contributed by atoms with Crippen LogP contribution in [0.3, 0.4) is 0 Å². The van der Waals surface area contributed by atoms with Crippen LogP contribution in [-0.4, -0.2) is 38.2 Å². The van der Waals surface area contributed by atoms with Gasteiger partial charge in [-0.05, 0) is 12.3 Å². The lowest BCUT2D eigenvalue weighted by molar-refractivity contribution is 0.459. The summed E-state index contributed by atoms with van der Waals surface area (Å²) < 4.78 is 26.8. The van der Waals surface area contributed by atoms with E-state index in [9.17, 15) is 8.42 Å². The lowest BCUT2D eigenvalue weighted by atomic mass is 10.1. The predicted molar refractivity (Wildman–Crippen MR) is 62.8 cm³/mol. The van der Waals surface area contributed by atoms with Crippen LogP contribution >= 0.6 is 15.9 Å². The second kappa shape index (κ2) is 6.05. The highest BCUT2D eigenvalue weighted by Crippen LogP contribution is 2.08. The number of rotatable bonds is 6. The van der Waals surface area contributed by atoms with Gasteiger partial charge in [-0.1, -0.05) is 29.8 Å². The molecule has 0 aromatic heterocycles. The van der Waals surface area contributed by atoms with Crippen LogP contribution in [0.25, 0.3) is 0 Å². The van der Waals surface area contributed by atoms with E-state index >= 15 is 0 Å². The molecule has 0 aliphatic heterocycles. The summed E-state index contributed by atoms with van der Waals surface area (Å²) >= 11 is 3.30. The van der Waals surface area contributed by atoms with Crippen LogP contribution in [0.2, 0.25) is 0 Å². The molecule has 1 unspecified atom stereocenters. The first-order chi connectivity index (χ1) is 6.29. The highest BCUT2D eigenvalue weighted by molar-refractivity contribution is 9.09. The molecule has 0 heterocycles. The minimum atomic E-state index is -3.30. The molecule has 0 aromatic rings. The van der Waals surface area contributed by atoms with Crippen LogP contribution in [0.5, 0.6) is 0 Å². The maximum Gasteiger partial charge on any atom is 0.279 e. The Kier molecular flexibility index (Phi) is 6.20. The van der Waals surface area contributed by atoms with Crippen molar-refractivity contribution in [2.45, 2.75) is 26.3 Å². The highest BCUT2D eigenvalue weighted by atomic mass is 79.9. The Balaban J connectivity index is 4.32. The molecule has 0 saturated carbocycles. The highest BCUT2D eigenvalue weighted by Gasteiger charge is 2.19. The molecule has 6 heteroatoms. The normalized spacial score (nSPS) is 15.1. The van der Waals surface area contributed by atoms with Crippen molar-refractivity contribution in [3.63, 3.8) is 0 Å². The van der Waals surface area contributed by atoms with Crippen LogP contribution in [0.4, 0.5) is 0 Å². The summed E-state index contributed by atoms with van der Waals surface area (Å²) in [6, 6.07) is -0.0394. The number of alkyl halides is 1. The summed E-state index contributed by atoms with van der Waals surface area (Å²) in [7, 11) is -0.268. The van der Waals surface area contributed by atoms with E-state index in [-0.39, 0.29) is 6.04 Å². The fourth-order valence-electron chi connectivity index (χ4n) is 1.03. The van der Waals surface area contributed by atoms with Crippen molar-refractivity contribution < 1.29 is 8.42 Å². The minimum Gasteiger partial charge on any atom is -0.198 e. The first-order valence-electron chi connectivity index (χ1n) is 4.55. The van der Waals surface area contributed by atoms with Gasteiger partial charge < -0.3 is 0 Å². The van der Waals surface area contributed by atoms with Gasteiger partial charge in [0, 0.05) is 25.5 Å². The van der Waals surface area contributed by atoms with E-state index in [1.807, 2.05) is 0 Å². The van der Waals surface area contributed by atoms with Crippen molar-refractivity contribution >= 4 is 26.1 Å². The van der Waals surface area contributed by atoms with Crippen molar-refractivity contribution in [2.24, 2.45) is 5.92 Å². The Morgan fingerprint density at radius 1 is 1.36 bits per heavy atom. The zero-order valence-corrected chi connectivity index (χ0v) is 11.5. The van der Waals surface area contributed by atoms with Gasteiger partial charge in [0.25, 0.3) is 10.2 Å². The van der Waals surface area contributed by atoms with Crippen molar-refractivity contribution in [2.75, 3.05) is 19.4 Å². The third-order valence-corrected chi connectivity index (χ3v) is 4.11. The summed E-state index contributed by atoms with van der Waals surface area (Å²) in [5.41, 5.74) is 0. The van der Waals surface area contributed by atoms with Crippen molar-refractivity contribution in [3.8, 4) is 0 Å². The molecule has 0 saturated heterocycles. The standard InChI is InChI=1S/C8H19BrN2O2S/c1-7(2)5-8(6-9)10-14(12,13)11(3)4/h7-8,10H,5-6H2,1-4H3. The van der Waals surface area contributed by atoms with Gasteiger partial charge in [-0.3, -0.25) is 0 Å². The second-order valence-electron chi connectivity index (χ2n) is 3.89. The molecule has 0 rings (SSSR count). The zero-order valence-electron chi connectivity index (χ0n) is 9.12. The average Bonchev–Trinajstić information content (AvgIpc) is 2.01. The molecular formula is C8H19BrN2O2S. The molecule has 0 aliphatic carbocycles. The Morgan fingerprint density at radius 3 is 2.14 bits per heavy atom. The van der Waals surface area contributed by atoms with E-state index in [1.54, 1.807) is 0 Å². The predicted octanol–water partition coefficient (Wildman–Crippen LogP) is 1.19. The molecule has 0 aliphatic rings. The van der Waals surface area contributed by atoms with Crippen LogP contribution in [0.1, 0.15) is 20.3 Å². The molecule has 1 N–H and O–H groups in total. The summed E-state index contributed by atoms with van der Waals surface area (Å²) in [5.74, 6) is 0.474. The van der Waals surface area contributed by atoms with E-state index in [4.69, 9.17) is 0 Å². The Hall–Kier alpha value is 0.350. The van der Waals surface area contributed by atoms with Crippen molar-refractivity contribution in [1.29, 1.82) is 0 Å². The molecule has 0 fully saturated rings. The number of nitrogens with one attached hydrogen (secondary N) is 1. The Bertz CT molecular complexity index is 252. The number of hydrogen-bond donors (Lipinski definition) is 1. The summed E-state index contributed by atoms with van der Waals surface area (Å²) in [6.07, 6.45) is 0.832. The van der Waals surface area contributed by atoms with Crippen molar-refractivity contribution in [3.05, 3.63) is 0 Å². The molecule has 14 heavy (non-hydrogen) atoms. The monoisotopic (exact) mass is 286 g/mol. The molecule has 0 spiro atoms. The van der Waals surface area contributed by atoms with Gasteiger partial charge in [-0.15, -0.1) is 0 Å². The van der Waals surface area contributed by atoms with Gasteiger partial charge in [-0.25, -0.2) is 0 Å². The molecule has 0 bridgehead atoms. The SMILES string of the molecule is CC(C)CC(CBr)NS(=O)(=O)N(C)C. The molecular weight excluding hydrogens is 268 g/mol. The minimum absolute atomic E-state index is 0.0394. The Labute approximate surface area is 95.4 Å². The van der Waals surface area contributed by atoms with E-state index in [1.165, 1.54) is 18.4 Å². The summed E-state index contributed by atoms with van der Waals surface area (Å²) in [4.78, 5) is 0. The van der Waals surface area contributed by atoms with E-state index in [2.05, 4.69) is 34.5 Å². The molecule has 0 aromatic carbocycles. The van der Waals surface area contributed by atoms with Crippen LogP contribution in [0.15, 0.2) is 0 Å². The molecule has 1 atom stereocenters. The lowest BCUT2D eigenvalue weighted by Gasteiger charge is -2.20. The van der Waals surface area contributed by atoms with Gasteiger partial charge in [0.1, 0.15) is 0 Å². The topological polar surface area (TPSA) is 49.4 Å². The maximum atomic E-state index is 11.5. The molecule has 0 amide bonds. The van der Waals surface area contributed by atoms with Gasteiger partial charge in [0.05, 0.1) is 0 Å².